The molecule has 158 valence electrons. The van der Waals surface area contributed by atoms with E-state index in [1.54, 1.807) is 7.11 Å². The highest BCUT2D eigenvalue weighted by Gasteiger charge is 2.27. The van der Waals surface area contributed by atoms with Crippen LogP contribution in [0.1, 0.15) is 29.0 Å². The van der Waals surface area contributed by atoms with Gasteiger partial charge in [-0.05, 0) is 60.5 Å². The van der Waals surface area contributed by atoms with Crippen molar-refractivity contribution in [3.63, 3.8) is 0 Å². The number of piperidine rings is 1. The predicted molar refractivity (Wildman–Crippen MR) is 124 cm³/mol. The van der Waals surface area contributed by atoms with Gasteiger partial charge in [0.1, 0.15) is 11.6 Å². The van der Waals surface area contributed by atoms with E-state index in [-0.39, 0.29) is 11.7 Å². The molecule has 1 atom stereocenters. The van der Waals surface area contributed by atoms with Gasteiger partial charge in [0.2, 0.25) is 0 Å². The number of ether oxygens (including phenoxy) is 1. The molecule has 1 saturated heterocycles. The maximum atomic E-state index is 13.3. The van der Waals surface area contributed by atoms with Crippen LogP contribution in [0.15, 0.2) is 60.7 Å². The first-order chi connectivity index (χ1) is 15.1. The number of Topliss-reactive ketones (excluding diaryl/α,β-unsaturated/α-hetero) is 1. The number of ketones is 1. The molecule has 1 aromatic heterocycles. The average molecular weight is 414 g/mol. The van der Waals surface area contributed by atoms with E-state index in [9.17, 15) is 4.79 Å². The van der Waals surface area contributed by atoms with Gasteiger partial charge in [-0.15, -0.1) is 0 Å². The normalized spacial score (nSPS) is 17.3. The van der Waals surface area contributed by atoms with Crippen molar-refractivity contribution in [2.24, 2.45) is 13.0 Å². The highest BCUT2D eigenvalue weighted by molar-refractivity contribution is 6.01. The van der Waals surface area contributed by atoms with Gasteiger partial charge in [-0.2, -0.15) is 0 Å². The van der Waals surface area contributed by atoms with Crippen LogP contribution in [0.5, 0.6) is 5.75 Å². The molecule has 3 aromatic carbocycles. The summed E-state index contributed by atoms with van der Waals surface area (Å²) in [6.07, 6.45) is 1.98. The van der Waals surface area contributed by atoms with Crippen molar-refractivity contribution in [3.05, 3.63) is 72.1 Å². The van der Waals surface area contributed by atoms with Crippen LogP contribution in [0.3, 0.4) is 0 Å². The maximum Gasteiger partial charge on any atom is 0.167 e. The van der Waals surface area contributed by atoms with Crippen molar-refractivity contribution in [2.75, 3.05) is 20.2 Å². The highest BCUT2D eigenvalue weighted by Crippen LogP contribution is 2.26. The van der Waals surface area contributed by atoms with Crippen LogP contribution in [-0.2, 0) is 13.6 Å². The monoisotopic (exact) mass is 413 g/mol. The average Bonchev–Trinajstić information content (AvgIpc) is 3.13. The van der Waals surface area contributed by atoms with E-state index >= 15 is 0 Å². The zero-order chi connectivity index (χ0) is 21.4. The van der Waals surface area contributed by atoms with Gasteiger partial charge in [-0.1, -0.05) is 30.3 Å². The fourth-order valence-electron chi connectivity index (χ4n) is 4.69. The fourth-order valence-corrected chi connectivity index (χ4v) is 4.69. The minimum atomic E-state index is 0.0270. The van der Waals surface area contributed by atoms with Crippen LogP contribution in [0.4, 0.5) is 0 Å². The van der Waals surface area contributed by atoms with E-state index in [1.165, 1.54) is 0 Å². The van der Waals surface area contributed by atoms with Gasteiger partial charge in [-0.3, -0.25) is 9.69 Å². The van der Waals surface area contributed by atoms with Crippen molar-refractivity contribution >= 4 is 27.6 Å². The Hall–Kier alpha value is -3.18. The van der Waals surface area contributed by atoms with Gasteiger partial charge < -0.3 is 9.30 Å². The minimum absolute atomic E-state index is 0.0270. The molecule has 1 aliphatic heterocycles. The summed E-state index contributed by atoms with van der Waals surface area (Å²) in [6, 6.07) is 20.2. The number of rotatable bonds is 5. The smallest absolute Gasteiger partial charge is 0.167 e. The highest BCUT2D eigenvalue weighted by atomic mass is 16.5. The third kappa shape index (κ3) is 3.81. The van der Waals surface area contributed by atoms with Crippen molar-refractivity contribution < 1.29 is 9.53 Å². The van der Waals surface area contributed by atoms with Gasteiger partial charge in [0.15, 0.2) is 5.78 Å². The molecule has 2 heterocycles. The SMILES string of the molecule is COc1ccc2cc(C(=O)[C@@H]3CCCN(Cc4nc5ccccc5n4C)C3)ccc2c1. The summed E-state index contributed by atoms with van der Waals surface area (Å²) >= 11 is 0. The molecule has 0 radical (unpaired) electrons. The van der Waals surface area contributed by atoms with E-state index < -0.39 is 0 Å². The molecule has 0 aliphatic carbocycles. The fraction of sp³-hybridized carbons (Fsp3) is 0.308. The second-order valence-corrected chi connectivity index (χ2v) is 8.44. The lowest BCUT2D eigenvalue weighted by Gasteiger charge is -2.31. The number of fused-ring (bicyclic) bond motifs is 2. The zero-order valence-corrected chi connectivity index (χ0v) is 18.0. The third-order valence-electron chi connectivity index (χ3n) is 6.45. The van der Waals surface area contributed by atoms with Crippen LogP contribution in [0.2, 0.25) is 0 Å². The molecule has 0 spiro atoms. The van der Waals surface area contributed by atoms with Gasteiger partial charge in [-0.25, -0.2) is 4.98 Å². The standard InChI is InChI=1S/C26H27N3O2/c1-28-24-8-4-3-7-23(24)27-25(28)17-29-13-5-6-21(16-29)26(30)20-10-9-19-15-22(31-2)12-11-18(19)14-20/h3-4,7-12,14-15,21H,5-6,13,16-17H2,1-2H3/t21-/m1/s1. The number of aromatic nitrogens is 2. The number of nitrogens with zero attached hydrogens (tertiary/aromatic N) is 3. The van der Waals surface area contributed by atoms with E-state index in [0.29, 0.717) is 0 Å². The molecule has 0 bridgehead atoms. The Bertz CT molecular complexity index is 1260. The van der Waals surface area contributed by atoms with Gasteiger partial charge in [0.05, 0.1) is 24.7 Å². The van der Waals surface area contributed by atoms with Crippen LogP contribution in [0, 0.1) is 5.92 Å². The molecule has 5 rings (SSSR count). The summed E-state index contributed by atoms with van der Waals surface area (Å²) in [5.41, 5.74) is 2.97. The quantitative estimate of drug-likeness (QED) is 0.440. The molecule has 31 heavy (non-hydrogen) atoms. The number of methoxy groups -OCH3 is 1. The molecule has 0 unspecified atom stereocenters. The summed E-state index contributed by atoms with van der Waals surface area (Å²) in [5, 5.41) is 2.15. The molecule has 0 N–H and O–H groups in total. The van der Waals surface area contributed by atoms with E-state index in [2.05, 4.69) is 28.6 Å². The van der Waals surface area contributed by atoms with Gasteiger partial charge >= 0.3 is 0 Å². The first-order valence-corrected chi connectivity index (χ1v) is 10.9. The number of aryl methyl sites for hydroxylation is 1. The molecule has 0 saturated carbocycles. The first kappa shape index (κ1) is 19.8. The Labute approximate surface area is 182 Å². The maximum absolute atomic E-state index is 13.3. The number of carbonyl (C=O) groups excluding carboxylic acids is 1. The molecule has 1 aliphatic rings. The molecular formula is C26H27N3O2. The van der Waals surface area contributed by atoms with Crippen LogP contribution >= 0.6 is 0 Å². The molecule has 0 amide bonds. The predicted octanol–water partition coefficient (Wildman–Crippen LogP) is 4.83. The Kier molecular flexibility index (Phi) is 5.20. The van der Waals surface area contributed by atoms with Crippen molar-refractivity contribution in [3.8, 4) is 5.75 Å². The van der Waals surface area contributed by atoms with Crippen LogP contribution < -0.4 is 4.74 Å². The topological polar surface area (TPSA) is 47.4 Å². The van der Waals surface area contributed by atoms with Crippen molar-refractivity contribution in [1.82, 2.24) is 14.5 Å². The van der Waals surface area contributed by atoms with Crippen molar-refractivity contribution in [2.45, 2.75) is 19.4 Å². The Balaban J connectivity index is 1.33. The second kappa shape index (κ2) is 8.16. The van der Waals surface area contributed by atoms with Crippen molar-refractivity contribution in [1.29, 1.82) is 0 Å². The number of imidazole rings is 1. The largest absolute Gasteiger partial charge is 0.497 e. The number of likely N-dealkylation sites (tertiary alicyclic amines) is 1. The van der Waals surface area contributed by atoms with E-state index in [0.717, 1.165) is 71.4 Å². The Morgan fingerprint density at radius 3 is 2.74 bits per heavy atom. The summed E-state index contributed by atoms with van der Waals surface area (Å²) < 4.78 is 7.47. The molecule has 1 fully saturated rings. The third-order valence-corrected chi connectivity index (χ3v) is 6.45. The van der Waals surface area contributed by atoms with Gasteiger partial charge in [0, 0.05) is 25.1 Å². The zero-order valence-electron chi connectivity index (χ0n) is 18.0. The molecule has 5 nitrogen and oxygen atoms in total. The molecule has 4 aromatic rings. The number of hydrogen-bond acceptors (Lipinski definition) is 4. The molecule has 5 heteroatoms. The Morgan fingerprint density at radius 1 is 1.10 bits per heavy atom. The number of benzene rings is 3. The Morgan fingerprint density at radius 2 is 1.90 bits per heavy atom. The van der Waals surface area contributed by atoms with E-state index in [1.807, 2.05) is 48.5 Å². The number of hydrogen-bond donors (Lipinski definition) is 0. The lowest BCUT2D eigenvalue weighted by atomic mass is 9.89. The minimum Gasteiger partial charge on any atom is -0.497 e. The summed E-state index contributed by atoms with van der Waals surface area (Å²) in [7, 11) is 3.74. The second-order valence-electron chi connectivity index (χ2n) is 8.44. The lowest BCUT2D eigenvalue weighted by molar-refractivity contribution is 0.0808. The first-order valence-electron chi connectivity index (χ1n) is 10.9. The summed E-state index contributed by atoms with van der Waals surface area (Å²) in [4.78, 5) is 20.5. The molecular weight excluding hydrogens is 386 g/mol. The van der Waals surface area contributed by atoms with Gasteiger partial charge in [0.25, 0.3) is 0 Å². The number of para-hydroxylation sites is 2. The van der Waals surface area contributed by atoms with Crippen LogP contribution in [0.25, 0.3) is 21.8 Å². The lowest BCUT2D eigenvalue weighted by Crippen LogP contribution is -2.38. The number of carbonyl (C=O) groups is 1. The van der Waals surface area contributed by atoms with Crippen LogP contribution in [-0.4, -0.2) is 40.4 Å². The summed E-state index contributed by atoms with van der Waals surface area (Å²) in [5.74, 6) is 2.15. The summed E-state index contributed by atoms with van der Waals surface area (Å²) in [6.45, 7) is 2.56. The van der Waals surface area contributed by atoms with E-state index in [4.69, 9.17) is 9.72 Å².